The molecule has 4 rings (SSSR count). The summed E-state index contributed by atoms with van der Waals surface area (Å²) in [5.74, 6) is 1.70. The Balaban J connectivity index is 1.68. The van der Waals surface area contributed by atoms with Crippen LogP contribution in [0.4, 0.5) is 5.95 Å². The van der Waals surface area contributed by atoms with Gasteiger partial charge in [0, 0.05) is 13.2 Å². The van der Waals surface area contributed by atoms with Crippen LogP contribution in [-0.4, -0.2) is 27.9 Å². The average molecular weight is 284 g/mol. The quantitative estimate of drug-likeness (QED) is 0.921. The van der Waals surface area contributed by atoms with Gasteiger partial charge in [0.05, 0.1) is 6.04 Å². The normalized spacial score (nSPS) is 24.6. The Morgan fingerprint density at radius 1 is 1.24 bits per heavy atom. The van der Waals surface area contributed by atoms with Crippen molar-refractivity contribution < 1.29 is 4.74 Å². The third-order valence-electron chi connectivity index (χ3n) is 4.32. The van der Waals surface area contributed by atoms with Crippen molar-refractivity contribution >= 4 is 5.95 Å². The second-order valence-corrected chi connectivity index (χ2v) is 5.88. The summed E-state index contributed by atoms with van der Waals surface area (Å²) in [5, 5.41) is 8.08. The van der Waals surface area contributed by atoms with E-state index in [0.717, 1.165) is 44.2 Å². The molecule has 0 bridgehead atoms. The fraction of sp³-hybridized carbons (Fsp3) is 0.500. The molecule has 2 unspecified atom stereocenters. The predicted octanol–water partition coefficient (Wildman–Crippen LogP) is 2.84. The zero-order chi connectivity index (χ0) is 14.2. The van der Waals surface area contributed by atoms with E-state index in [4.69, 9.17) is 9.84 Å². The van der Waals surface area contributed by atoms with Gasteiger partial charge in [-0.25, -0.2) is 4.68 Å². The third-order valence-corrected chi connectivity index (χ3v) is 4.32. The Morgan fingerprint density at radius 2 is 2.10 bits per heavy atom. The van der Waals surface area contributed by atoms with Gasteiger partial charge in [0.1, 0.15) is 6.10 Å². The monoisotopic (exact) mass is 284 g/mol. The molecule has 2 atom stereocenters. The van der Waals surface area contributed by atoms with Crippen LogP contribution in [0.1, 0.15) is 48.4 Å². The zero-order valence-corrected chi connectivity index (χ0v) is 12.2. The highest BCUT2D eigenvalue weighted by molar-refractivity contribution is 5.34. The fourth-order valence-electron chi connectivity index (χ4n) is 3.13. The molecule has 2 aromatic rings. The molecule has 1 aromatic heterocycles. The molecule has 5 heteroatoms. The number of hydrogen-bond acceptors (Lipinski definition) is 4. The van der Waals surface area contributed by atoms with E-state index < -0.39 is 0 Å². The summed E-state index contributed by atoms with van der Waals surface area (Å²) in [6, 6.07) is 8.99. The number of rotatable bonds is 2. The van der Waals surface area contributed by atoms with E-state index in [1.165, 1.54) is 11.1 Å². The third kappa shape index (κ3) is 2.31. The van der Waals surface area contributed by atoms with Crippen LogP contribution in [0.25, 0.3) is 0 Å². The molecular formula is C16H20N4O. The number of nitrogens with zero attached hydrogens (tertiary/aromatic N) is 3. The smallest absolute Gasteiger partial charge is 0.222 e. The summed E-state index contributed by atoms with van der Waals surface area (Å²) >= 11 is 0. The van der Waals surface area contributed by atoms with Crippen molar-refractivity contribution in [1.29, 1.82) is 0 Å². The number of nitrogens with one attached hydrogen (secondary N) is 1. The number of fused-ring (bicyclic) bond motifs is 1. The lowest BCUT2D eigenvalue weighted by Crippen LogP contribution is -2.24. The molecule has 1 N–H and O–H groups in total. The molecule has 0 spiro atoms. The van der Waals surface area contributed by atoms with Gasteiger partial charge in [0.25, 0.3) is 0 Å². The SMILES string of the molecule is Cc1ccc(C2CCNc3nc(C4CCCO4)nn32)cc1. The minimum atomic E-state index is 0.0727. The Morgan fingerprint density at radius 3 is 2.86 bits per heavy atom. The Bertz CT molecular complexity index is 628. The number of aryl methyl sites for hydroxylation is 1. The van der Waals surface area contributed by atoms with E-state index in [1.807, 2.05) is 4.68 Å². The maximum Gasteiger partial charge on any atom is 0.222 e. The van der Waals surface area contributed by atoms with Crippen molar-refractivity contribution in [3.8, 4) is 0 Å². The first kappa shape index (κ1) is 12.8. The van der Waals surface area contributed by atoms with E-state index in [-0.39, 0.29) is 12.1 Å². The average Bonchev–Trinajstić information content (AvgIpc) is 3.16. The first-order valence-electron chi connectivity index (χ1n) is 7.70. The molecule has 1 aromatic carbocycles. The highest BCUT2D eigenvalue weighted by Gasteiger charge is 2.28. The maximum atomic E-state index is 5.71. The van der Waals surface area contributed by atoms with Gasteiger partial charge < -0.3 is 10.1 Å². The van der Waals surface area contributed by atoms with Crippen molar-refractivity contribution in [3.63, 3.8) is 0 Å². The molecule has 0 amide bonds. The number of hydrogen-bond donors (Lipinski definition) is 1. The first-order chi connectivity index (χ1) is 10.3. The second-order valence-electron chi connectivity index (χ2n) is 5.88. The largest absolute Gasteiger partial charge is 0.370 e. The van der Waals surface area contributed by atoms with Gasteiger partial charge in [-0.3, -0.25) is 0 Å². The topological polar surface area (TPSA) is 52.0 Å². The van der Waals surface area contributed by atoms with Crippen LogP contribution in [0.3, 0.4) is 0 Å². The predicted molar refractivity (Wildman–Crippen MR) is 80.4 cm³/mol. The second kappa shape index (κ2) is 5.15. The van der Waals surface area contributed by atoms with E-state index >= 15 is 0 Å². The van der Waals surface area contributed by atoms with Crippen molar-refractivity contribution in [2.45, 2.75) is 38.3 Å². The van der Waals surface area contributed by atoms with Crippen LogP contribution in [0, 0.1) is 6.92 Å². The molecule has 0 saturated carbocycles. The van der Waals surface area contributed by atoms with Gasteiger partial charge in [-0.05, 0) is 31.7 Å². The Labute approximate surface area is 124 Å². The molecule has 2 aliphatic rings. The summed E-state index contributed by atoms with van der Waals surface area (Å²) in [5.41, 5.74) is 2.58. The Kier molecular flexibility index (Phi) is 3.15. The van der Waals surface area contributed by atoms with Crippen LogP contribution in [-0.2, 0) is 4.74 Å². The molecule has 3 heterocycles. The summed E-state index contributed by atoms with van der Waals surface area (Å²) in [7, 11) is 0. The molecule has 1 saturated heterocycles. The van der Waals surface area contributed by atoms with Gasteiger partial charge >= 0.3 is 0 Å². The van der Waals surface area contributed by atoms with Gasteiger partial charge in [0.15, 0.2) is 5.82 Å². The van der Waals surface area contributed by atoms with Gasteiger partial charge in [-0.1, -0.05) is 29.8 Å². The lowest BCUT2D eigenvalue weighted by molar-refractivity contribution is 0.105. The maximum absolute atomic E-state index is 5.71. The molecule has 110 valence electrons. The summed E-state index contributed by atoms with van der Waals surface area (Å²) < 4.78 is 7.74. The number of aromatic nitrogens is 3. The molecule has 0 aliphatic carbocycles. The highest BCUT2D eigenvalue weighted by Crippen LogP contribution is 2.32. The molecule has 1 fully saturated rings. The highest BCUT2D eigenvalue weighted by atomic mass is 16.5. The minimum absolute atomic E-state index is 0.0727. The van der Waals surface area contributed by atoms with Crippen LogP contribution in [0.5, 0.6) is 0 Å². The molecular weight excluding hydrogens is 264 g/mol. The Hall–Kier alpha value is -1.88. The van der Waals surface area contributed by atoms with Crippen LogP contribution in [0.2, 0.25) is 0 Å². The van der Waals surface area contributed by atoms with Crippen molar-refractivity contribution in [1.82, 2.24) is 14.8 Å². The van der Waals surface area contributed by atoms with Crippen LogP contribution >= 0.6 is 0 Å². The number of ether oxygens (including phenoxy) is 1. The van der Waals surface area contributed by atoms with E-state index in [9.17, 15) is 0 Å². The fourth-order valence-corrected chi connectivity index (χ4v) is 3.13. The molecule has 0 radical (unpaired) electrons. The van der Waals surface area contributed by atoms with Gasteiger partial charge in [-0.15, -0.1) is 0 Å². The van der Waals surface area contributed by atoms with Crippen molar-refractivity contribution in [2.24, 2.45) is 0 Å². The van der Waals surface area contributed by atoms with Crippen molar-refractivity contribution in [2.75, 3.05) is 18.5 Å². The van der Waals surface area contributed by atoms with Crippen LogP contribution < -0.4 is 5.32 Å². The van der Waals surface area contributed by atoms with Gasteiger partial charge in [-0.2, -0.15) is 10.1 Å². The standard InChI is InChI=1S/C16H20N4O/c1-11-4-6-12(7-5-11)13-8-9-17-16-18-15(19-20(13)16)14-3-2-10-21-14/h4-7,13-14H,2-3,8-10H2,1H3,(H,17,18,19). The van der Waals surface area contributed by atoms with Crippen LogP contribution in [0.15, 0.2) is 24.3 Å². The van der Waals surface area contributed by atoms with Crippen molar-refractivity contribution in [3.05, 3.63) is 41.2 Å². The molecule has 5 nitrogen and oxygen atoms in total. The molecule has 21 heavy (non-hydrogen) atoms. The van der Waals surface area contributed by atoms with E-state index in [2.05, 4.69) is 41.5 Å². The lowest BCUT2D eigenvalue weighted by atomic mass is 10.0. The lowest BCUT2D eigenvalue weighted by Gasteiger charge is -2.24. The zero-order valence-electron chi connectivity index (χ0n) is 12.2. The summed E-state index contributed by atoms with van der Waals surface area (Å²) in [6.45, 7) is 3.87. The minimum Gasteiger partial charge on any atom is -0.370 e. The number of benzene rings is 1. The van der Waals surface area contributed by atoms with Gasteiger partial charge in [0.2, 0.25) is 5.95 Å². The summed E-state index contributed by atoms with van der Waals surface area (Å²) in [4.78, 5) is 4.64. The molecule has 2 aliphatic heterocycles. The number of anilines is 1. The summed E-state index contributed by atoms with van der Waals surface area (Å²) in [6.07, 6.45) is 3.23. The van der Waals surface area contributed by atoms with E-state index in [1.54, 1.807) is 0 Å². The first-order valence-corrected chi connectivity index (χ1v) is 7.70. The van der Waals surface area contributed by atoms with E-state index in [0.29, 0.717) is 0 Å².